The van der Waals surface area contributed by atoms with Crippen LogP contribution in [0.2, 0.25) is 0 Å². The van der Waals surface area contributed by atoms with E-state index in [0.717, 1.165) is 17.2 Å². The molecule has 0 aliphatic carbocycles. The number of hydrogen-bond donors (Lipinski definition) is 0. The molecular weight excluding hydrogens is 198 g/mol. The lowest BCUT2D eigenvalue weighted by atomic mass is 10.2. The zero-order valence-electron chi connectivity index (χ0n) is 9.39. The third-order valence-corrected chi connectivity index (χ3v) is 2.36. The van der Waals surface area contributed by atoms with Crippen molar-refractivity contribution in [2.24, 2.45) is 0 Å². The van der Waals surface area contributed by atoms with Gasteiger partial charge in [0.05, 0.1) is 0 Å². The van der Waals surface area contributed by atoms with Crippen LogP contribution in [0.3, 0.4) is 0 Å². The summed E-state index contributed by atoms with van der Waals surface area (Å²) in [7, 11) is 0. The van der Waals surface area contributed by atoms with Gasteiger partial charge in [0, 0.05) is 11.6 Å². The van der Waals surface area contributed by atoms with Crippen LogP contribution in [0.4, 0.5) is 0 Å². The van der Waals surface area contributed by atoms with Crippen molar-refractivity contribution in [2.75, 3.05) is 6.61 Å². The average Bonchev–Trinajstić information content (AvgIpc) is 2.35. The van der Waals surface area contributed by atoms with Crippen molar-refractivity contribution in [3.05, 3.63) is 48.7 Å². The predicted molar refractivity (Wildman–Crippen MR) is 66.7 cm³/mol. The summed E-state index contributed by atoms with van der Waals surface area (Å²) in [5, 5.41) is 2.22. The second kappa shape index (κ2) is 5.31. The lowest BCUT2D eigenvalue weighted by Gasteiger charge is -2.05. The van der Waals surface area contributed by atoms with Crippen LogP contribution >= 0.6 is 0 Å². The molecule has 0 amide bonds. The monoisotopic (exact) mass is 213 g/mol. The van der Waals surface area contributed by atoms with E-state index in [-0.39, 0.29) is 0 Å². The molecule has 0 saturated carbocycles. The van der Waals surface area contributed by atoms with Gasteiger partial charge < -0.3 is 4.74 Å². The number of aromatic nitrogens is 1. The van der Waals surface area contributed by atoms with Gasteiger partial charge in [-0.2, -0.15) is 0 Å². The molecule has 2 nitrogen and oxygen atoms in total. The highest BCUT2D eigenvalue weighted by atomic mass is 16.5. The molecule has 2 rings (SSSR count). The highest BCUT2D eigenvalue weighted by Crippen LogP contribution is 2.22. The van der Waals surface area contributed by atoms with Gasteiger partial charge in [-0.15, -0.1) is 0 Å². The number of ether oxygens (including phenoxy) is 1. The number of hydrogen-bond acceptors (Lipinski definition) is 2. The minimum Gasteiger partial charge on any atom is -0.473 e. The van der Waals surface area contributed by atoms with Gasteiger partial charge in [-0.3, -0.25) is 0 Å². The topological polar surface area (TPSA) is 22.1 Å². The van der Waals surface area contributed by atoms with E-state index in [0.29, 0.717) is 12.5 Å². The van der Waals surface area contributed by atoms with Gasteiger partial charge in [-0.1, -0.05) is 37.3 Å². The first-order valence-electron chi connectivity index (χ1n) is 5.53. The highest BCUT2D eigenvalue weighted by Gasteiger charge is 2.00. The van der Waals surface area contributed by atoms with E-state index in [2.05, 4.69) is 24.1 Å². The Morgan fingerprint density at radius 2 is 2.06 bits per heavy atom. The van der Waals surface area contributed by atoms with Gasteiger partial charge in [0.15, 0.2) is 0 Å². The molecule has 2 aromatic rings. The Kier molecular flexibility index (Phi) is 3.54. The average molecular weight is 213 g/mol. The fraction of sp³-hybridized carbons (Fsp3) is 0.214. The molecule has 0 radical (unpaired) electrons. The van der Waals surface area contributed by atoms with Crippen molar-refractivity contribution < 1.29 is 4.74 Å². The molecule has 0 atom stereocenters. The number of nitrogens with zero attached hydrogens (tertiary/aromatic N) is 1. The van der Waals surface area contributed by atoms with Crippen molar-refractivity contribution in [3.63, 3.8) is 0 Å². The molecule has 1 aromatic heterocycles. The zero-order chi connectivity index (χ0) is 11.2. The molecule has 82 valence electrons. The van der Waals surface area contributed by atoms with E-state index < -0.39 is 0 Å². The van der Waals surface area contributed by atoms with Crippen molar-refractivity contribution in [1.29, 1.82) is 0 Å². The molecule has 0 N–H and O–H groups in total. The van der Waals surface area contributed by atoms with Gasteiger partial charge in [0.25, 0.3) is 0 Å². The van der Waals surface area contributed by atoms with Gasteiger partial charge in [0.1, 0.15) is 6.61 Å². The zero-order valence-corrected chi connectivity index (χ0v) is 9.39. The van der Waals surface area contributed by atoms with Crippen LogP contribution in [0.25, 0.3) is 10.8 Å². The number of fused-ring (bicyclic) bond motifs is 1. The maximum Gasteiger partial charge on any atom is 0.221 e. The van der Waals surface area contributed by atoms with Crippen molar-refractivity contribution in [3.8, 4) is 5.88 Å². The Morgan fingerprint density at radius 1 is 1.19 bits per heavy atom. The molecular formula is C14H15NO. The van der Waals surface area contributed by atoms with Gasteiger partial charge in [-0.25, -0.2) is 4.98 Å². The second-order valence-corrected chi connectivity index (χ2v) is 3.53. The Labute approximate surface area is 95.6 Å². The molecule has 0 spiro atoms. The number of allylic oxidation sites excluding steroid dienone is 1. The Hall–Kier alpha value is -1.83. The quantitative estimate of drug-likeness (QED) is 0.724. The molecule has 0 bridgehead atoms. The Morgan fingerprint density at radius 3 is 2.94 bits per heavy atom. The first-order valence-corrected chi connectivity index (χ1v) is 5.53. The molecule has 2 heteroatoms. The number of rotatable bonds is 4. The molecule has 0 aliphatic heterocycles. The largest absolute Gasteiger partial charge is 0.473 e. The fourth-order valence-electron chi connectivity index (χ4n) is 1.57. The van der Waals surface area contributed by atoms with Crippen LogP contribution in [0, 0.1) is 0 Å². The molecule has 1 aromatic carbocycles. The SMILES string of the molecule is CC/C=C\COc1nccc2ccccc12. The summed E-state index contributed by atoms with van der Waals surface area (Å²) in [4.78, 5) is 4.25. The van der Waals surface area contributed by atoms with E-state index in [1.54, 1.807) is 6.20 Å². The van der Waals surface area contributed by atoms with E-state index in [1.807, 2.05) is 30.3 Å². The van der Waals surface area contributed by atoms with Crippen molar-refractivity contribution >= 4 is 10.8 Å². The maximum absolute atomic E-state index is 5.62. The third kappa shape index (κ3) is 2.40. The van der Waals surface area contributed by atoms with Crippen LogP contribution in [0.15, 0.2) is 48.7 Å². The van der Waals surface area contributed by atoms with Crippen LogP contribution < -0.4 is 4.74 Å². The summed E-state index contributed by atoms with van der Waals surface area (Å²) in [6.07, 6.45) is 6.92. The van der Waals surface area contributed by atoms with Gasteiger partial charge >= 0.3 is 0 Å². The molecule has 0 aliphatic rings. The van der Waals surface area contributed by atoms with Crippen LogP contribution in [-0.4, -0.2) is 11.6 Å². The molecule has 1 heterocycles. The van der Waals surface area contributed by atoms with Crippen LogP contribution in [-0.2, 0) is 0 Å². The first-order chi connectivity index (χ1) is 7.92. The maximum atomic E-state index is 5.62. The molecule has 0 saturated heterocycles. The first kappa shape index (κ1) is 10.7. The summed E-state index contributed by atoms with van der Waals surface area (Å²) >= 11 is 0. The molecule has 0 fully saturated rings. The highest BCUT2D eigenvalue weighted by molar-refractivity contribution is 5.86. The van der Waals surface area contributed by atoms with E-state index in [9.17, 15) is 0 Å². The van der Waals surface area contributed by atoms with Crippen molar-refractivity contribution in [2.45, 2.75) is 13.3 Å². The minimum atomic E-state index is 0.578. The standard InChI is InChI=1S/C14H15NO/c1-2-3-6-11-16-14-13-8-5-4-7-12(13)9-10-15-14/h3-10H,2,11H2,1H3/b6-3-. The molecule has 0 unspecified atom stereocenters. The smallest absolute Gasteiger partial charge is 0.221 e. The summed E-state index contributed by atoms with van der Waals surface area (Å²) < 4.78 is 5.62. The van der Waals surface area contributed by atoms with Gasteiger partial charge in [-0.05, 0) is 23.9 Å². The van der Waals surface area contributed by atoms with E-state index in [1.165, 1.54) is 0 Å². The van der Waals surface area contributed by atoms with Crippen LogP contribution in [0.5, 0.6) is 5.88 Å². The lowest BCUT2D eigenvalue weighted by Crippen LogP contribution is -1.96. The van der Waals surface area contributed by atoms with E-state index >= 15 is 0 Å². The van der Waals surface area contributed by atoms with Crippen molar-refractivity contribution in [1.82, 2.24) is 4.98 Å². The summed E-state index contributed by atoms with van der Waals surface area (Å²) in [6.45, 7) is 2.68. The van der Waals surface area contributed by atoms with Crippen LogP contribution in [0.1, 0.15) is 13.3 Å². The normalized spacial score (nSPS) is 11.1. The number of benzene rings is 1. The summed E-state index contributed by atoms with van der Waals surface area (Å²) in [5.41, 5.74) is 0. The second-order valence-electron chi connectivity index (χ2n) is 3.53. The van der Waals surface area contributed by atoms with Gasteiger partial charge in [0.2, 0.25) is 5.88 Å². The Bertz CT molecular complexity index is 486. The fourth-order valence-corrected chi connectivity index (χ4v) is 1.57. The molecule has 16 heavy (non-hydrogen) atoms. The summed E-state index contributed by atoms with van der Waals surface area (Å²) in [5.74, 6) is 0.707. The minimum absolute atomic E-state index is 0.578. The van der Waals surface area contributed by atoms with E-state index in [4.69, 9.17) is 4.74 Å². The summed E-state index contributed by atoms with van der Waals surface area (Å²) in [6, 6.07) is 10.1. The third-order valence-electron chi connectivity index (χ3n) is 2.36. The lowest BCUT2D eigenvalue weighted by molar-refractivity contribution is 0.353. The Balaban J connectivity index is 2.20. The predicted octanol–water partition coefficient (Wildman–Crippen LogP) is 3.58. The number of pyridine rings is 1.